The number of ether oxygens (including phenoxy) is 1. The van der Waals surface area contributed by atoms with Crippen molar-refractivity contribution in [1.82, 2.24) is 10.2 Å². The van der Waals surface area contributed by atoms with E-state index in [9.17, 15) is 9.18 Å². The van der Waals surface area contributed by atoms with Crippen molar-refractivity contribution in [3.05, 3.63) is 48.3 Å². The van der Waals surface area contributed by atoms with Crippen LogP contribution in [0, 0.1) is 5.82 Å². The van der Waals surface area contributed by atoms with Crippen molar-refractivity contribution in [1.29, 1.82) is 0 Å². The lowest BCUT2D eigenvalue weighted by molar-refractivity contribution is -0.0440. The van der Waals surface area contributed by atoms with Gasteiger partial charge in [-0.05, 0) is 17.7 Å². The molecule has 1 aromatic rings. The summed E-state index contributed by atoms with van der Waals surface area (Å²) in [5.41, 5.74) is 0.927. The van der Waals surface area contributed by atoms with Gasteiger partial charge < -0.3 is 15.0 Å². The Balaban J connectivity index is 1.66. The van der Waals surface area contributed by atoms with E-state index in [1.807, 2.05) is 0 Å². The number of amides is 2. The first kappa shape index (κ1) is 13.5. The van der Waals surface area contributed by atoms with Gasteiger partial charge in [0.25, 0.3) is 0 Å². The summed E-state index contributed by atoms with van der Waals surface area (Å²) in [5, 5.41) is 2.71. The first-order valence-corrected chi connectivity index (χ1v) is 6.19. The number of carbonyl (C=O) groups is 1. The second kappa shape index (κ2) is 6.33. The zero-order valence-corrected chi connectivity index (χ0v) is 10.6. The summed E-state index contributed by atoms with van der Waals surface area (Å²) in [6.45, 7) is 5.62. The number of carbonyl (C=O) groups excluding carboxylic acids is 1. The number of nitrogens with one attached hydrogen (secondary N) is 1. The van der Waals surface area contributed by atoms with Gasteiger partial charge in [0.05, 0.1) is 25.8 Å². The Kier molecular flexibility index (Phi) is 4.52. The molecule has 0 spiro atoms. The molecule has 0 unspecified atom stereocenters. The van der Waals surface area contributed by atoms with E-state index in [1.165, 1.54) is 12.1 Å². The topological polar surface area (TPSA) is 41.6 Å². The van der Waals surface area contributed by atoms with Crippen LogP contribution in [0.1, 0.15) is 5.56 Å². The number of benzene rings is 1. The molecule has 0 bridgehead atoms. The lowest BCUT2D eigenvalue weighted by Crippen LogP contribution is -2.57. The maximum absolute atomic E-state index is 12.7. The first-order valence-electron chi connectivity index (χ1n) is 6.19. The van der Waals surface area contributed by atoms with E-state index in [0.717, 1.165) is 5.56 Å². The van der Waals surface area contributed by atoms with E-state index in [1.54, 1.807) is 23.1 Å². The van der Waals surface area contributed by atoms with Crippen molar-refractivity contribution in [3.8, 4) is 0 Å². The number of hydrogen-bond acceptors (Lipinski definition) is 2. The molecular formula is C14H17FN2O2. The molecule has 0 aliphatic carbocycles. The van der Waals surface area contributed by atoms with E-state index >= 15 is 0 Å². The number of halogens is 1. The Morgan fingerprint density at radius 2 is 2.16 bits per heavy atom. The van der Waals surface area contributed by atoms with Crippen LogP contribution in [0.5, 0.6) is 0 Å². The highest BCUT2D eigenvalue weighted by molar-refractivity contribution is 5.75. The standard InChI is InChI=1S/C14H17FN2O2/c1-2-7-16-14(18)17-8-13(9-17)19-10-11-3-5-12(15)6-4-11/h2-6,13H,1,7-10H2,(H,16,18). The molecule has 0 aromatic heterocycles. The second-order valence-electron chi connectivity index (χ2n) is 4.44. The fraction of sp³-hybridized carbons (Fsp3) is 0.357. The van der Waals surface area contributed by atoms with E-state index < -0.39 is 0 Å². The molecule has 4 nitrogen and oxygen atoms in total. The zero-order chi connectivity index (χ0) is 13.7. The molecule has 1 fully saturated rings. The Morgan fingerprint density at radius 3 is 2.79 bits per heavy atom. The summed E-state index contributed by atoms with van der Waals surface area (Å²) >= 11 is 0. The summed E-state index contributed by atoms with van der Waals surface area (Å²) < 4.78 is 18.3. The van der Waals surface area contributed by atoms with Gasteiger partial charge in [-0.1, -0.05) is 18.2 Å². The van der Waals surface area contributed by atoms with Crippen molar-refractivity contribution in [3.63, 3.8) is 0 Å². The molecular weight excluding hydrogens is 247 g/mol. The van der Waals surface area contributed by atoms with Crippen LogP contribution in [-0.4, -0.2) is 36.7 Å². The fourth-order valence-electron chi connectivity index (χ4n) is 1.78. The van der Waals surface area contributed by atoms with Crippen LogP contribution in [0.25, 0.3) is 0 Å². The molecule has 2 amide bonds. The van der Waals surface area contributed by atoms with Crippen molar-refractivity contribution in [2.75, 3.05) is 19.6 Å². The van der Waals surface area contributed by atoms with Crippen LogP contribution in [0.15, 0.2) is 36.9 Å². The van der Waals surface area contributed by atoms with Crippen LogP contribution >= 0.6 is 0 Å². The molecule has 1 heterocycles. The summed E-state index contributed by atoms with van der Waals surface area (Å²) in [7, 11) is 0. The van der Waals surface area contributed by atoms with Gasteiger partial charge in [-0.3, -0.25) is 0 Å². The maximum atomic E-state index is 12.7. The van der Waals surface area contributed by atoms with Gasteiger partial charge in [0.15, 0.2) is 0 Å². The molecule has 1 aliphatic rings. The van der Waals surface area contributed by atoms with Crippen LogP contribution in [0.2, 0.25) is 0 Å². The first-order chi connectivity index (χ1) is 9.19. The minimum Gasteiger partial charge on any atom is -0.370 e. The summed E-state index contributed by atoms with van der Waals surface area (Å²) in [6.07, 6.45) is 1.69. The third-order valence-electron chi connectivity index (χ3n) is 2.93. The lowest BCUT2D eigenvalue weighted by atomic mass is 10.2. The van der Waals surface area contributed by atoms with Gasteiger partial charge in [-0.2, -0.15) is 0 Å². The monoisotopic (exact) mass is 264 g/mol. The van der Waals surface area contributed by atoms with E-state index in [-0.39, 0.29) is 18.0 Å². The van der Waals surface area contributed by atoms with Crippen molar-refractivity contribution >= 4 is 6.03 Å². The highest BCUT2D eigenvalue weighted by atomic mass is 19.1. The largest absolute Gasteiger partial charge is 0.370 e. The molecule has 5 heteroatoms. The minimum absolute atomic E-state index is 0.0551. The summed E-state index contributed by atoms with van der Waals surface area (Å²) in [4.78, 5) is 13.2. The normalized spacial score (nSPS) is 14.9. The number of hydrogen-bond donors (Lipinski definition) is 1. The Hall–Kier alpha value is -1.88. The van der Waals surface area contributed by atoms with Gasteiger partial charge in [-0.25, -0.2) is 9.18 Å². The number of likely N-dealkylation sites (tertiary alicyclic amines) is 1. The number of rotatable bonds is 5. The van der Waals surface area contributed by atoms with Crippen LogP contribution in [0.3, 0.4) is 0 Å². The van der Waals surface area contributed by atoms with Gasteiger partial charge >= 0.3 is 6.03 Å². The molecule has 102 valence electrons. The molecule has 0 radical (unpaired) electrons. The lowest BCUT2D eigenvalue weighted by Gasteiger charge is -2.38. The Bertz CT molecular complexity index is 441. The van der Waals surface area contributed by atoms with Crippen molar-refractivity contribution < 1.29 is 13.9 Å². The molecule has 0 saturated carbocycles. The summed E-state index contributed by atoms with van der Waals surface area (Å²) in [6, 6.07) is 6.12. The quantitative estimate of drug-likeness (QED) is 0.826. The predicted octanol–water partition coefficient (Wildman–Crippen LogP) is 1.92. The van der Waals surface area contributed by atoms with Crippen LogP contribution in [-0.2, 0) is 11.3 Å². The predicted molar refractivity (Wildman–Crippen MR) is 70.1 cm³/mol. The molecule has 1 N–H and O–H groups in total. The van der Waals surface area contributed by atoms with Crippen molar-refractivity contribution in [2.24, 2.45) is 0 Å². The van der Waals surface area contributed by atoms with Gasteiger partial charge in [-0.15, -0.1) is 6.58 Å². The number of nitrogens with zero attached hydrogens (tertiary/aromatic N) is 1. The van der Waals surface area contributed by atoms with Gasteiger partial charge in [0.1, 0.15) is 5.82 Å². The van der Waals surface area contributed by atoms with E-state index in [4.69, 9.17) is 4.74 Å². The Labute approximate surface area is 111 Å². The molecule has 1 aromatic carbocycles. The van der Waals surface area contributed by atoms with Crippen LogP contribution in [0.4, 0.5) is 9.18 Å². The third-order valence-corrected chi connectivity index (χ3v) is 2.93. The van der Waals surface area contributed by atoms with E-state index in [0.29, 0.717) is 26.2 Å². The third kappa shape index (κ3) is 3.79. The molecule has 1 saturated heterocycles. The molecule has 2 rings (SSSR count). The summed E-state index contributed by atoms with van der Waals surface area (Å²) in [5.74, 6) is -0.252. The van der Waals surface area contributed by atoms with Crippen molar-refractivity contribution in [2.45, 2.75) is 12.7 Å². The smallest absolute Gasteiger partial charge is 0.317 e. The minimum atomic E-state index is -0.252. The van der Waals surface area contributed by atoms with E-state index in [2.05, 4.69) is 11.9 Å². The average Bonchev–Trinajstić information content (AvgIpc) is 2.36. The van der Waals surface area contributed by atoms with Gasteiger partial charge in [0.2, 0.25) is 0 Å². The number of urea groups is 1. The second-order valence-corrected chi connectivity index (χ2v) is 4.44. The average molecular weight is 264 g/mol. The highest BCUT2D eigenvalue weighted by Gasteiger charge is 2.30. The Morgan fingerprint density at radius 1 is 1.47 bits per heavy atom. The molecule has 19 heavy (non-hydrogen) atoms. The van der Waals surface area contributed by atoms with Gasteiger partial charge in [0, 0.05) is 6.54 Å². The fourth-order valence-corrected chi connectivity index (χ4v) is 1.78. The van der Waals surface area contributed by atoms with Crippen LogP contribution < -0.4 is 5.32 Å². The SMILES string of the molecule is C=CCNC(=O)N1CC(OCc2ccc(F)cc2)C1. The maximum Gasteiger partial charge on any atom is 0.317 e. The molecule has 1 aliphatic heterocycles. The molecule has 0 atom stereocenters. The zero-order valence-electron chi connectivity index (χ0n) is 10.6. The highest BCUT2D eigenvalue weighted by Crippen LogP contribution is 2.14.